The normalized spacial score (nSPS) is 16.4. The Balaban J connectivity index is 4.62. The van der Waals surface area contributed by atoms with Crippen molar-refractivity contribution in [3.05, 3.63) is 0 Å². The van der Waals surface area contributed by atoms with Crippen LogP contribution in [0, 0.1) is 11.8 Å². The molecule has 0 amide bonds. The Morgan fingerprint density at radius 1 is 0.882 bits per heavy atom. The van der Waals surface area contributed by atoms with Gasteiger partial charge in [-0.1, -0.05) is 71.3 Å². The van der Waals surface area contributed by atoms with Gasteiger partial charge in [0.25, 0.3) is 0 Å². The van der Waals surface area contributed by atoms with Crippen molar-refractivity contribution >= 4 is 35.6 Å². The van der Waals surface area contributed by atoms with Crippen LogP contribution in [0.5, 0.6) is 0 Å². The maximum atomic E-state index is 6.25. The highest BCUT2D eigenvalue weighted by Crippen LogP contribution is 2.37. The van der Waals surface area contributed by atoms with Gasteiger partial charge in [-0.15, -0.1) is 22.2 Å². The quantitative estimate of drug-likeness (QED) is 0.392. The molecule has 0 aromatic heterocycles. The summed E-state index contributed by atoms with van der Waals surface area (Å²) in [6.45, 7) is 14.9. The smallest absolute Gasteiger partial charge is 0.146 e. The van der Waals surface area contributed by atoms with E-state index in [1.54, 1.807) is 0 Å². The summed E-state index contributed by atoms with van der Waals surface area (Å²) in [5.74, 6) is 2.97. The molecule has 0 saturated heterocycles. The molecule has 0 aliphatic heterocycles. The highest BCUT2D eigenvalue weighted by atomic mass is 35.7. The summed E-state index contributed by atoms with van der Waals surface area (Å²) in [4.78, 5) is 0. The van der Waals surface area contributed by atoms with Crippen LogP contribution in [0.15, 0.2) is 0 Å². The number of halogens is 2. The van der Waals surface area contributed by atoms with Crippen LogP contribution in [0.3, 0.4) is 0 Å². The van der Waals surface area contributed by atoms with Crippen molar-refractivity contribution < 1.29 is 0 Å². The van der Waals surface area contributed by atoms with Gasteiger partial charge in [0.2, 0.25) is 6.69 Å². The second kappa shape index (κ2) is 7.45. The molecule has 0 heterocycles. The van der Waals surface area contributed by atoms with E-state index in [0.29, 0.717) is 0 Å². The monoisotopic (exact) mass is 294 g/mol. The van der Waals surface area contributed by atoms with Gasteiger partial charge in [-0.05, 0) is 12.6 Å². The molecular weight excluding hydrogens is 266 g/mol. The lowest BCUT2D eigenvalue weighted by Crippen LogP contribution is -2.31. The Morgan fingerprint density at radius 2 is 1.24 bits per heavy atom. The molecule has 4 heteroatoms. The molecule has 17 heavy (non-hydrogen) atoms. The molecule has 102 valence electrons. The molecule has 0 spiro atoms. The van der Waals surface area contributed by atoms with E-state index in [1.807, 2.05) is 6.55 Å². The van der Waals surface area contributed by atoms with Crippen LogP contribution in [-0.2, 0) is 0 Å². The van der Waals surface area contributed by atoms with Gasteiger partial charge in [-0.3, -0.25) is 0 Å². The predicted octanol–water partition coefficient (Wildman–Crippen LogP) is 6.12. The van der Waals surface area contributed by atoms with Crippen molar-refractivity contribution in [1.82, 2.24) is 0 Å². The number of hydrogen-bond donors (Lipinski definition) is 0. The molecule has 0 radical (unpaired) electrons. The third-order valence-electron chi connectivity index (χ3n) is 4.37. The van der Waals surface area contributed by atoms with Crippen LogP contribution in [0.25, 0.3) is 0 Å². The first-order valence-electron chi connectivity index (χ1n) is 6.94. The zero-order valence-corrected chi connectivity index (χ0v) is 15.1. The van der Waals surface area contributed by atoms with Gasteiger partial charge in [0, 0.05) is 0 Å². The minimum Gasteiger partial charge on any atom is -0.146 e. The van der Waals surface area contributed by atoms with Gasteiger partial charge >= 0.3 is 0 Å². The van der Waals surface area contributed by atoms with Crippen molar-refractivity contribution in [2.24, 2.45) is 11.8 Å². The molecule has 0 aromatic carbocycles. The number of hydrogen-bond acceptors (Lipinski definition) is 0. The van der Waals surface area contributed by atoms with Gasteiger partial charge in [0.15, 0.2) is 0 Å². The van der Waals surface area contributed by atoms with Crippen molar-refractivity contribution in [3.8, 4) is 0 Å². The molecule has 0 bridgehead atoms. The summed E-state index contributed by atoms with van der Waals surface area (Å²) in [5, 5.41) is 0. The molecule has 0 saturated carbocycles. The van der Waals surface area contributed by atoms with E-state index in [2.05, 4.69) is 41.5 Å². The molecule has 0 aliphatic carbocycles. The summed E-state index contributed by atoms with van der Waals surface area (Å²) in [6, 6.07) is 1.02. The molecule has 0 N–H and O–H groups in total. The molecular formula is C13H29BCl2Si. The maximum absolute atomic E-state index is 6.25. The molecule has 0 aromatic rings. The van der Waals surface area contributed by atoms with Gasteiger partial charge in [0.1, 0.15) is 6.71 Å². The third-order valence-corrected chi connectivity index (χ3v) is 6.67. The van der Waals surface area contributed by atoms with E-state index in [-0.39, 0.29) is 0 Å². The highest BCUT2D eigenvalue weighted by Gasteiger charge is 2.33. The summed E-state index contributed by atoms with van der Waals surface area (Å²) in [7, 11) is 0. The largest absolute Gasteiger partial charge is 0.247 e. The Bertz CT molecular complexity index is 200. The van der Waals surface area contributed by atoms with Crippen LogP contribution in [0.2, 0.25) is 30.5 Å². The van der Waals surface area contributed by atoms with E-state index in [4.69, 9.17) is 22.2 Å². The first-order valence-corrected chi connectivity index (χ1v) is 11.7. The van der Waals surface area contributed by atoms with Gasteiger partial charge in [-0.2, -0.15) is 0 Å². The van der Waals surface area contributed by atoms with Crippen molar-refractivity contribution in [3.63, 3.8) is 0 Å². The van der Waals surface area contributed by atoms with Gasteiger partial charge < -0.3 is 0 Å². The van der Waals surface area contributed by atoms with Crippen LogP contribution in [0.1, 0.15) is 41.5 Å². The van der Waals surface area contributed by atoms with E-state index >= 15 is 0 Å². The average Bonchev–Trinajstić information content (AvgIpc) is 2.15. The molecule has 0 fully saturated rings. The molecule has 2 unspecified atom stereocenters. The molecule has 0 rings (SSSR count). The lowest BCUT2D eigenvalue weighted by atomic mass is 9.30. The van der Waals surface area contributed by atoms with E-state index in [9.17, 15) is 0 Å². The SMILES string of the molecule is CC(C)C(C)B(CC[Si](C)(Cl)Cl)C(C)C(C)C. The second-order valence-electron chi connectivity index (χ2n) is 6.48. The first kappa shape index (κ1) is 17.9. The predicted molar refractivity (Wildman–Crippen MR) is 87.2 cm³/mol. The van der Waals surface area contributed by atoms with Crippen molar-refractivity contribution in [1.29, 1.82) is 0 Å². The number of rotatable bonds is 7. The Hall–Kier alpha value is 0.862. The van der Waals surface area contributed by atoms with Gasteiger partial charge in [-0.25, -0.2) is 0 Å². The summed E-state index contributed by atoms with van der Waals surface area (Å²) in [5.41, 5.74) is 0. The lowest BCUT2D eigenvalue weighted by molar-refractivity contribution is 0.560. The van der Waals surface area contributed by atoms with Gasteiger partial charge in [0.05, 0.1) is 0 Å². The Kier molecular flexibility index (Phi) is 7.83. The van der Waals surface area contributed by atoms with E-state index < -0.39 is 6.69 Å². The van der Waals surface area contributed by atoms with E-state index in [0.717, 1.165) is 36.2 Å². The molecule has 0 nitrogen and oxygen atoms in total. The van der Waals surface area contributed by atoms with Crippen molar-refractivity contribution in [2.45, 2.75) is 72.1 Å². The fourth-order valence-electron chi connectivity index (χ4n) is 2.41. The van der Waals surface area contributed by atoms with Crippen LogP contribution >= 0.6 is 22.2 Å². The summed E-state index contributed by atoms with van der Waals surface area (Å²) in [6.07, 6.45) is 1.19. The standard InChI is InChI=1S/C13H29BCl2Si/c1-10(2)12(5)14(13(6)11(3)4)8-9-17(7,15)16/h10-13H,8-9H2,1-7H3. The summed E-state index contributed by atoms with van der Waals surface area (Å²) < 4.78 is 0. The maximum Gasteiger partial charge on any atom is 0.247 e. The average molecular weight is 295 g/mol. The topological polar surface area (TPSA) is 0 Å². The Morgan fingerprint density at radius 3 is 1.47 bits per heavy atom. The molecule has 0 aliphatic rings. The lowest BCUT2D eigenvalue weighted by Gasteiger charge is -2.32. The highest BCUT2D eigenvalue weighted by molar-refractivity contribution is 7.45. The zero-order chi connectivity index (χ0) is 13.8. The zero-order valence-electron chi connectivity index (χ0n) is 12.6. The molecule has 2 atom stereocenters. The van der Waals surface area contributed by atoms with Crippen LogP contribution in [-0.4, -0.2) is 13.4 Å². The summed E-state index contributed by atoms with van der Waals surface area (Å²) >= 11 is 12.5. The van der Waals surface area contributed by atoms with Crippen molar-refractivity contribution in [2.75, 3.05) is 0 Å². The second-order valence-corrected chi connectivity index (χ2v) is 14.7. The van der Waals surface area contributed by atoms with E-state index in [1.165, 1.54) is 6.32 Å². The van der Waals surface area contributed by atoms with Crippen LogP contribution in [0.4, 0.5) is 0 Å². The minimum atomic E-state index is -1.94. The first-order chi connectivity index (χ1) is 7.56. The fourth-order valence-corrected chi connectivity index (χ4v) is 3.91. The Labute approximate surface area is 119 Å². The fraction of sp³-hybridized carbons (Fsp3) is 1.00. The minimum absolute atomic E-state index is 0.736. The third kappa shape index (κ3) is 7.13. The van der Waals surface area contributed by atoms with Crippen LogP contribution < -0.4 is 0 Å².